The first kappa shape index (κ1) is 33.3. The molecular formula is C17H30Cl2SiZr-4. The Morgan fingerprint density at radius 2 is 1.10 bits per heavy atom. The average molecular weight is 425 g/mol. The van der Waals surface area contributed by atoms with Gasteiger partial charge in [0.05, 0.1) is 0 Å². The second kappa shape index (κ2) is 22.9. The van der Waals surface area contributed by atoms with E-state index < -0.39 is 0 Å². The standard InChI is InChI=1S/2C7H9.C2H5.CH3.2ClH.H2Si.Zr/c2*1-6-3-4-7(2)5-6;1-2;;;;;/h2*5H,3H2,1-2H3;1H2,2H3;1H3;2*1H;1H2;/q4*-1;;;;. The minimum absolute atomic E-state index is 0. The Morgan fingerprint density at radius 3 is 1.14 bits per heavy atom. The number of hydrogen-bond donors (Lipinski definition) is 0. The monoisotopic (exact) mass is 422 g/mol. The van der Waals surface area contributed by atoms with Gasteiger partial charge in [0.1, 0.15) is 0 Å². The summed E-state index contributed by atoms with van der Waals surface area (Å²) in [6, 6.07) is 0. The van der Waals surface area contributed by atoms with Crippen LogP contribution in [-0.2, 0) is 23.3 Å². The first-order valence-electron chi connectivity index (χ1n) is 6.13. The fourth-order valence-electron chi connectivity index (χ4n) is 1.50. The van der Waals surface area contributed by atoms with E-state index >= 15 is 0 Å². The molecule has 0 spiro atoms. The minimum atomic E-state index is 0. The van der Waals surface area contributed by atoms with E-state index in [1.165, 1.54) is 22.3 Å². The van der Waals surface area contributed by atoms with Crippen LogP contribution in [0.25, 0.3) is 0 Å². The van der Waals surface area contributed by atoms with Crippen LogP contribution in [0.5, 0.6) is 0 Å². The fraction of sp³-hybridized carbons (Fsp3) is 0.412. The van der Waals surface area contributed by atoms with Crippen LogP contribution < -0.4 is 0 Å². The molecule has 0 amide bonds. The molecule has 0 radical (unpaired) electrons. The Hall–Kier alpha value is 0.640. The second-order valence-corrected chi connectivity index (χ2v) is 4.05. The van der Waals surface area contributed by atoms with Gasteiger partial charge in [-0.3, -0.25) is 12.2 Å². The normalized spacial score (nSPS) is 13.2. The van der Waals surface area contributed by atoms with Crippen LogP contribution in [0.4, 0.5) is 0 Å². The second-order valence-electron chi connectivity index (χ2n) is 4.05. The van der Waals surface area contributed by atoms with Gasteiger partial charge in [0.25, 0.3) is 0 Å². The van der Waals surface area contributed by atoms with Crippen LogP contribution >= 0.6 is 24.8 Å². The summed E-state index contributed by atoms with van der Waals surface area (Å²) in [6.45, 7) is 15.4. The topological polar surface area (TPSA) is 0 Å². The summed E-state index contributed by atoms with van der Waals surface area (Å²) in [6.07, 6.45) is 12.8. The third-order valence-corrected chi connectivity index (χ3v) is 2.22. The molecule has 0 fully saturated rings. The van der Waals surface area contributed by atoms with Crippen LogP contribution in [-0.4, -0.2) is 6.88 Å². The van der Waals surface area contributed by atoms with Gasteiger partial charge in [0, 0.05) is 0 Å². The van der Waals surface area contributed by atoms with E-state index in [2.05, 4.69) is 58.9 Å². The van der Waals surface area contributed by atoms with Crippen molar-refractivity contribution >= 4 is 31.7 Å². The Balaban J connectivity index is -0.0000000589. The van der Waals surface area contributed by atoms with Crippen molar-refractivity contribution in [3.8, 4) is 0 Å². The molecule has 0 aromatic rings. The SMILES string of the molecule is CC1=[C-]CC(C)=C1.CC1=[C-]CC(C)=C1.Cl.Cl.[CH2-]C.[CH3-].[SiH2]=[Zr]. The maximum absolute atomic E-state index is 3.25. The van der Waals surface area contributed by atoms with E-state index in [1.807, 2.05) is 6.88 Å². The van der Waals surface area contributed by atoms with Gasteiger partial charge in [-0.1, -0.05) is 27.7 Å². The molecule has 2 aliphatic rings. The molecule has 2 rings (SSSR count). The van der Waals surface area contributed by atoms with Crippen LogP contribution in [0.1, 0.15) is 47.5 Å². The average Bonchev–Trinajstić information content (AvgIpc) is 2.93. The Kier molecular flexibility index (Phi) is 36.3. The molecule has 0 N–H and O–H groups in total. The molecule has 0 aromatic heterocycles. The van der Waals surface area contributed by atoms with Gasteiger partial charge in [-0.25, -0.2) is 23.3 Å². The van der Waals surface area contributed by atoms with Crippen molar-refractivity contribution in [1.82, 2.24) is 0 Å². The summed E-state index contributed by atoms with van der Waals surface area (Å²) in [5.74, 6) is 0. The number of allylic oxidation sites excluding steroid dienone is 8. The van der Waals surface area contributed by atoms with E-state index in [-0.39, 0.29) is 32.2 Å². The zero-order valence-corrected chi connectivity index (χ0v) is 19.8. The van der Waals surface area contributed by atoms with E-state index in [1.54, 1.807) is 30.3 Å². The van der Waals surface area contributed by atoms with Gasteiger partial charge < -0.3 is 14.4 Å². The van der Waals surface area contributed by atoms with Crippen LogP contribution in [0, 0.1) is 26.5 Å². The van der Waals surface area contributed by atoms with Crippen molar-refractivity contribution in [2.75, 3.05) is 0 Å². The predicted octanol–water partition coefficient (Wildman–Crippen LogP) is 5.39. The molecule has 0 bridgehead atoms. The number of halogens is 2. The van der Waals surface area contributed by atoms with E-state index in [0.29, 0.717) is 0 Å². The predicted molar refractivity (Wildman–Crippen MR) is 102 cm³/mol. The third-order valence-electron chi connectivity index (χ3n) is 2.22. The molecule has 4 heteroatoms. The van der Waals surface area contributed by atoms with Crippen molar-refractivity contribution in [3.63, 3.8) is 0 Å². The molecule has 2 aliphatic carbocycles. The van der Waals surface area contributed by atoms with Gasteiger partial charge in [0.2, 0.25) is 0 Å². The molecule has 0 saturated heterocycles. The summed E-state index contributed by atoms with van der Waals surface area (Å²) in [7, 11) is 0. The van der Waals surface area contributed by atoms with Crippen LogP contribution in [0.15, 0.2) is 34.4 Å². The molecule has 0 atom stereocenters. The van der Waals surface area contributed by atoms with Crippen molar-refractivity contribution < 1.29 is 23.3 Å². The van der Waals surface area contributed by atoms with Gasteiger partial charge in [-0.15, -0.1) is 37.7 Å². The zero-order chi connectivity index (χ0) is 14.6. The molecular weight excluding hydrogens is 394 g/mol. The van der Waals surface area contributed by atoms with Crippen molar-refractivity contribution in [2.24, 2.45) is 0 Å². The number of rotatable bonds is 0. The van der Waals surface area contributed by atoms with Gasteiger partial charge in [-0.2, -0.15) is 18.1 Å². The molecule has 0 unspecified atom stereocenters. The van der Waals surface area contributed by atoms with Gasteiger partial charge in [-0.05, 0) is 0 Å². The summed E-state index contributed by atoms with van der Waals surface area (Å²) in [5, 5.41) is 0. The van der Waals surface area contributed by atoms with Crippen molar-refractivity contribution in [1.29, 1.82) is 0 Å². The fourth-order valence-corrected chi connectivity index (χ4v) is 1.50. The quantitative estimate of drug-likeness (QED) is 0.361. The third kappa shape index (κ3) is 20.6. The Labute approximate surface area is 162 Å². The van der Waals surface area contributed by atoms with Gasteiger partial charge in [0.15, 0.2) is 0 Å². The zero-order valence-electron chi connectivity index (χ0n) is 14.3. The molecule has 0 nitrogen and oxygen atoms in total. The summed E-state index contributed by atoms with van der Waals surface area (Å²) >= 11 is 1.58. The molecule has 124 valence electrons. The molecule has 0 heterocycles. The van der Waals surface area contributed by atoms with Crippen LogP contribution in [0.3, 0.4) is 0 Å². The van der Waals surface area contributed by atoms with Gasteiger partial charge >= 0.3 is 30.2 Å². The van der Waals surface area contributed by atoms with Crippen molar-refractivity contribution in [2.45, 2.75) is 47.5 Å². The molecule has 0 aromatic carbocycles. The first-order chi connectivity index (χ1) is 8.58. The summed E-state index contributed by atoms with van der Waals surface area (Å²) < 4.78 is 0. The Bertz CT molecular complexity index is 322. The summed E-state index contributed by atoms with van der Waals surface area (Å²) in [4.78, 5) is 0. The van der Waals surface area contributed by atoms with E-state index in [4.69, 9.17) is 0 Å². The van der Waals surface area contributed by atoms with E-state index in [0.717, 1.165) is 12.8 Å². The Morgan fingerprint density at radius 1 is 0.857 bits per heavy atom. The molecule has 21 heavy (non-hydrogen) atoms. The molecule has 0 aliphatic heterocycles. The van der Waals surface area contributed by atoms with E-state index in [9.17, 15) is 0 Å². The van der Waals surface area contributed by atoms with Crippen LogP contribution in [0.2, 0.25) is 0 Å². The maximum atomic E-state index is 3.25. The first-order valence-corrected chi connectivity index (χ1v) is 12.1. The number of hydrogen-bond acceptors (Lipinski definition) is 0. The molecule has 0 saturated carbocycles. The summed E-state index contributed by atoms with van der Waals surface area (Å²) in [5.41, 5.74) is 5.44. The van der Waals surface area contributed by atoms with Crippen molar-refractivity contribution in [3.05, 3.63) is 60.9 Å².